The number of alkyl halides is 2. The lowest BCUT2D eigenvalue weighted by Gasteiger charge is -2.32. The van der Waals surface area contributed by atoms with E-state index in [1.165, 1.54) is 24.6 Å². The highest BCUT2D eigenvalue weighted by atomic mass is 32.1. The predicted octanol–water partition coefficient (Wildman–Crippen LogP) is 3.72. The van der Waals surface area contributed by atoms with Gasteiger partial charge in [0.15, 0.2) is 6.61 Å². The van der Waals surface area contributed by atoms with Gasteiger partial charge in [0, 0.05) is 43.5 Å². The van der Waals surface area contributed by atoms with Crippen LogP contribution in [0, 0.1) is 11.9 Å². The molecular weight excluding hydrogens is 467 g/mol. The second kappa shape index (κ2) is 10.6. The summed E-state index contributed by atoms with van der Waals surface area (Å²) in [5, 5.41) is 7.21. The van der Waals surface area contributed by atoms with E-state index in [0.717, 1.165) is 80.3 Å². The number of aromatic nitrogens is 3. The van der Waals surface area contributed by atoms with Crippen molar-refractivity contribution in [3.8, 4) is 5.19 Å². The molecule has 4 rings (SSSR count). The van der Waals surface area contributed by atoms with Crippen molar-refractivity contribution in [1.82, 2.24) is 25.0 Å². The zero-order chi connectivity index (χ0) is 24.3. The van der Waals surface area contributed by atoms with Crippen molar-refractivity contribution < 1.29 is 22.7 Å². The van der Waals surface area contributed by atoms with Crippen molar-refractivity contribution in [2.45, 2.75) is 70.4 Å². The molecule has 0 saturated heterocycles. The van der Waals surface area contributed by atoms with Gasteiger partial charge in [0.1, 0.15) is 0 Å². The highest BCUT2D eigenvalue weighted by Gasteiger charge is 2.27. The first-order valence-electron chi connectivity index (χ1n) is 11.8. The van der Waals surface area contributed by atoms with E-state index in [1.807, 2.05) is 0 Å². The molecule has 1 aliphatic heterocycles. The van der Waals surface area contributed by atoms with Crippen LogP contribution in [-0.4, -0.2) is 57.2 Å². The molecule has 1 saturated carbocycles. The summed E-state index contributed by atoms with van der Waals surface area (Å²) < 4.78 is 46.2. The van der Waals surface area contributed by atoms with E-state index in [4.69, 9.17) is 4.74 Å². The molecule has 34 heavy (non-hydrogen) atoms. The molecule has 0 radical (unpaired) electrons. The SMILES string of the molecule is Cn1ncc(CC(=O)NC2CCC(CCN3CCc4sc(OCC(C)(F)F)nc4C3)CC2)c1F. The molecular formula is C23H32F3N5O2S. The predicted molar refractivity (Wildman–Crippen MR) is 123 cm³/mol. The Labute approximate surface area is 201 Å². The van der Waals surface area contributed by atoms with Crippen LogP contribution in [0.25, 0.3) is 0 Å². The molecule has 3 heterocycles. The zero-order valence-corrected chi connectivity index (χ0v) is 20.5. The molecule has 0 atom stereocenters. The number of carbonyl (C=O) groups excluding carboxylic acids is 1. The standard InChI is InChI=1S/C23H32F3N5O2S/c1-23(25,26)14-33-22-29-18-13-31(10-8-19(18)34-22)9-7-15-3-5-17(6-4-15)28-20(32)11-16-12-27-30(2)21(16)24/h12,15,17H,3-11,13-14H2,1-2H3,(H,28,32). The molecule has 2 aromatic heterocycles. The largest absolute Gasteiger partial charge is 0.464 e. The highest BCUT2D eigenvalue weighted by molar-refractivity contribution is 7.13. The van der Waals surface area contributed by atoms with Gasteiger partial charge in [0.05, 0.1) is 18.3 Å². The molecule has 0 bridgehead atoms. The minimum Gasteiger partial charge on any atom is -0.464 e. The van der Waals surface area contributed by atoms with E-state index >= 15 is 0 Å². The number of hydrogen-bond acceptors (Lipinski definition) is 6. The van der Waals surface area contributed by atoms with E-state index in [-0.39, 0.29) is 18.4 Å². The van der Waals surface area contributed by atoms with Crippen LogP contribution in [0.15, 0.2) is 6.20 Å². The molecule has 0 aromatic carbocycles. The van der Waals surface area contributed by atoms with Gasteiger partial charge in [-0.15, -0.1) is 0 Å². The first-order chi connectivity index (χ1) is 16.2. The normalized spacial score (nSPS) is 21.3. The molecule has 188 valence electrons. The molecule has 2 aliphatic rings. The highest BCUT2D eigenvalue weighted by Crippen LogP contribution is 2.32. The minimum absolute atomic E-state index is 0.0147. The lowest BCUT2D eigenvalue weighted by molar-refractivity contribution is -0.121. The van der Waals surface area contributed by atoms with Crippen molar-refractivity contribution >= 4 is 17.2 Å². The summed E-state index contributed by atoms with van der Waals surface area (Å²) in [7, 11) is 1.51. The van der Waals surface area contributed by atoms with Crippen molar-refractivity contribution in [3.05, 3.63) is 28.3 Å². The van der Waals surface area contributed by atoms with Crippen LogP contribution in [0.4, 0.5) is 13.2 Å². The summed E-state index contributed by atoms with van der Waals surface area (Å²) in [6.45, 7) is 2.84. The van der Waals surface area contributed by atoms with E-state index in [0.29, 0.717) is 16.7 Å². The van der Waals surface area contributed by atoms with Gasteiger partial charge in [-0.05, 0) is 51.0 Å². The van der Waals surface area contributed by atoms with Crippen LogP contribution >= 0.6 is 11.3 Å². The third-order valence-corrected chi connectivity index (χ3v) is 7.66. The van der Waals surface area contributed by atoms with Crippen LogP contribution in [-0.2, 0) is 31.2 Å². The number of rotatable bonds is 9. The minimum atomic E-state index is -2.86. The van der Waals surface area contributed by atoms with Gasteiger partial charge in [-0.3, -0.25) is 9.69 Å². The molecule has 1 fully saturated rings. The summed E-state index contributed by atoms with van der Waals surface area (Å²) in [5.41, 5.74) is 1.27. The van der Waals surface area contributed by atoms with E-state index < -0.39 is 18.5 Å². The molecule has 7 nitrogen and oxygen atoms in total. The van der Waals surface area contributed by atoms with E-state index in [9.17, 15) is 18.0 Å². The van der Waals surface area contributed by atoms with E-state index in [1.54, 1.807) is 0 Å². The van der Waals surface area contributed by atoms with Gasteiger partial charge in [0.2, 0.25) is 11.9 Å². The van der Waals surface area contributed by atoms with Gasteiger partial charge < -0.3 is 10.1 Å². The lowest BCUT2D eigenvalue weighted by Crippen LogP contribution is -2.39. The monoisotopic (exact) mass is 499 g/mol. The topological polar surface area (TPSA) is 72.3 Å². The smallest absolute Gasteiger partial charge is 0.278 e. The third-order valence-electron chi connectivity index (χ3n) is 6.59. The number of carbonyl (C=O) groups is 1. The molecule has 11 heteroatoms. The van der Waals surface area contributed by atoms with Gasteiger partial charge in [-0.2, -0.15) is 9.49 Å². The number of hydrogen-bond donors (Lipinski definition) is 1. The Morgan fingerprint density at radius 3 is 2.76 bits per heavy atom. The fourth-order valence-electron chi connectivity index (χ4n) is 4.67. The fourth-order valence-corrected chi connectivity index (χ4v) is 5.57. The number of halogens is 3. The number of nitrogens with one attached hydrogen (secondary N) is 1. The number of nitrogens with zero attached hydrogens (tertiary/aromatic N) is 4. The van der Waals surface area contributed by atoms with Gasteiger partial charge in [-0.25, -0.2) is 18.4 Å². The summed E-state index contributed by atoms with van der Waals surface area (Å²) in [6, 6.07) is 0.143. The van der Waals surface area contributed by atoms with Crippen LogP contribution < -0.4 is 10.1 Å². The number of fused-ring (bicyclic) bond motifs is 1. The Hall–Kier alpha value is -2.14. The molecule has 1 N–H and O–H groups in total. The van der Waals surface area contributed by atoms with E-state index in [2.05, 4.69) is 20.3 Å². The van der Waals surface area contributed by atoms with Crippen molar-refractivity contribution in [1.29, 1.82) is 0 Å². The van der Waals surface area contributed by atoms with Crippen molar-refractivity contribution in [2.24, 2.45) is 13.0 Å². The van der Waals surface area contributed by atoms with Crippen LogP contribution in [0.5, 0.6) is 5.19 Å². The van der Waals surface area contributed by atoms with Crippen molar-refractivity contribution in [2.75, 3.05) is 19.7 Å². The lowest BCUT2D eigenvalue weighted by atomic mass is 9.84. The summed E-state index contributed by atoms with van der Waals surface area (Å²) in [6.07, 6.45) is 7.37. The Bertz CT molecular complexity index is 982. The van der Waals surface area contributed by atoms with Crippen molar-refractivity contribution in [3.63, 3.8) is 0 Å². The zero-order valence-electron chi connectivity index (χ0n) is 19.7. The first kappa shape index (κ1) is 25.0. The molecule has 0 spiro atoms. The molecule has 1 amide bonds. The number of amides is 1. The van der Waals surface area contributed by atoms with Crippen LogP contribution in [0.3, 0.4) is 0 Å². The van der Waals surface area contributed by atoms with Crippen LogP contribution in [0.1, 0.15) is 55.2 Å². The quantitative estimate of drug-likeness (QED) is 0.570. The summed E-state index contributed by atoms with van der Waals surface area (Å²) >= 11 is 1.38. The number of thiazole rings is 1. The number of ether oxygens (including phenoxy) is 1. The Balaban J connectivity index is 1.15. The Morgan fingerprint density at radius 2 is 2.09 bits per heavy atom. The fraction of sp³-hybridized carbons (Fsp3) is 0.696. The maximum absolute atomic E-state index is 13.8. The summed E-state index contributed by atoms with van der Waals surface area (Å²) in [5.74, 6) is -2.87. The maximum atomic E-state index is 13.8. The third kappa shape index (κ3) is 6.71. The Kier molecular flexibility index (Phi) is 7.81. The summed E-state index contributed by atoms with van der Waals surface area (Å²) in [4.78, 5) is 20.2. The van der Waals surface area contributed by atoms with Gasteiger partial charge >= 0.3 is 0 Å². The Morgan fingerprint density at radius 1 is 1.32 bits per heavy atom. The van der Waals surface area contributed by atoms with Gasteiger partial charge in [0.25, 0.3) is 11.1 Å². The molecule has 1 aliphatic carbocycles. The number of aryl methyl sites for hydroxylation is 1. The van der Waals surface area contributed by atoms with Gasteiger partial charge in [-0.1, -0.05) is 11.3 Å². The maximum Gasteiger partial charge on any atom is 0.278 e. The average Bonchev–Trinajstić information content (AvgIpc) is 3.34. The average molecular weight is 500 g/mol. The second-order valence-corrected chi connectivity index (χ2v) is 10.6. The van der Waals surface area contributed by atoms with Crippen LogP contribution in [0.2, 0.25) is 0 Å². The second-order valence-electron chi connectivity index (χ2n) is 9.57. The molecule has 2 aromatic rings. The first-order valence-corrected chi connectivity index (χ1v) is 12.6. The molecule has 0 unspecified atom stereocenters.